The highest BCUT2D eigenvalue weighted by Crippen LogP contribution is 2.22. The van der Waals surface area contributed by atoms with Gasteiger partial charge >= 0.3 is 0 Å². The molecule has 31 heavy (non-hydrogen) atoms. The van der Waals surface area contributed by atoms with E-state index in [9.17, 15) is 9.18 Å². The minimum Gasteiger partial charge on any atom is -0.494 e. The van der Waals surface area contributed by atoms with Crippen molar-refractivity contribution in [1.82, 2.24) is 14.5 Å². The number of halogens is 1. The SMILES string of the molecule is CCOc1ccc(NC(=O)CN2CCN(c3nccn3-c3ccccc3F)CC2)cc1. The molecule has 1 N–H and O–H groups in total. The standard InChI is InChI=1S/C23H26FN5O2/c1-2-31-19-9-7-18(8-10-19)26-22(30)17-27-13-15-28(16-14-27)23-25-11-12-29(23)21-6-4-3-5-20(21)24/h3-12H,2,13-17H2,1H3,(H,26,30). The summed E-state index contributed by atoms with van der Waals surface area (Å²) in [5, 5.41) is 2.93. The molecule has 1 amide bonds. The molecule has 4 rings (SSSR count). The summed E-state index contributed by atoms with van der Waals surface area (Å²) in [7, 11) is 0. The molecule has 0 saturated carbocycles. The maximum absolute atomic E-state index is 14.2. The number of hydrogen-bond donors (Lipinski definition) is 1. The molecule has 0 radical (unpaired) electrons. The van der Waals surface area contributed by atoms with Crippen molar-refractivity contribution in [2.45, 2.75) is 6.92 Å². The minimum absolute atomic E-state index is 0.0505. The molecule has 1 aliphatic heterocycles. The lowest BCUT2D eigenvalue weighted by molar-refractivity contribution is -0.117. The second kappa shape index (κ2) is 9.61. The molecule has 0 aliphatic carbocycles. The lowest BCUT2D eigenvalue weighted by Gasteiger charge is -2.35. The molecular weight excluding hydrogens is 397 g/mol. The topological polar surface area (TPSA) is 62.6 Å². The number of carbonyl (C=O) groups is 1. The van der Waals surface area contributed by atoms with Gasteiger partial charge in [0.05, 0.1) is 18.8 Å². The molecule has 1 aliphatic rings. The van der Waals surface area contributed by atoms with Gasteiger partial charge in [0.25, 0.3) is 0 Å². The Kier molecular flexibility index (Phi) is 6.47. The van der Waals surface area contributed by atoms with Crippen molar-refractivity contribution in [1.29, 1.82) is 0 Å². The molecule has 8 heteroatoms. The predicted octanol–water partition coefficient (Wildman–Crippen LogP) is 3.17. The fourth-order valence-corrected chi connectivity index (χ4v) is 3.68. The van der Waals surface area contributed by atoms with Crippen molar-refractivity contribution >= 4 is 17.5 Å². The number of imidazole rings is 1. The van der Waals surface area contributed by atoms with Gasteiger partial charge in [0.2, 0.25) is 11.9 Å². The Hall–Kier alpha value is -3.39. The summed E-state index contributed by atoms with van der Waals surface area (Å²) in [6.07, 6.45) is 3.45. The van der Waals surface area contributed by atoms with E-state index in [4.69, 9.17) is 4.74 Å². The number of aromatic nitrogens is 2. The van der Waals surface area contributed by atoms with Gasteiger partial charge in [0.1, 0.15) is 11.6 Å². The molecule has 0 atom stereocenters. The van der Waals surface area contributed by atoms with Gasteiger partial charge in [0.15, 0.2) is 0 Å². The third kappa shape index (κ3) is 5.03. The smallest absolute Gasteiger partial charge is 0.238 e. The van der Waals surface area contributed by atoms with E-state index in [1.165, 1.54) is 6.07 Å². The molecular formula is C23H26FN5O2. The van der Waals surface area contributed by atoms with Crippen LogP contribution in [0.25, 0.3) is 5.69 Å². The lowest BCUT2D eigenvalue weighted by Crippen LogP contribution is -2.49. The first-order valence-corrected chi connectivity index (χ1v) is 10.4. The molecule has 7 nitrogen and oxygen atoms in total. The Bertz CT molecular complexity index is 1010. The molecule has 1 aromatic heterocycles. The minimum atomic E-state index is -0.286. The maximum Gasteiger partial charge on any atom is 0.238 e. The average molecular weight is 423 g/mol. The van der Waals surface area contributed by atoms with Gasteiger partial charge in [-0.25, -0.2) is 9.37 Å². The van der Waals surface area contributed by atoms with E-state index >= 15 is 0 Å². The Morgan fingerprint density at radius 2 is 1.84 bits per heavy atom. The quantitative estimate of drug-likeness (QED) is 0.633. The summed E-state index contributed by atoms with van der Waals surface area (Å²) >= 11 is 0. The number of para-hydroxylation sites is 1. The molecule has 3 aromatic rings. The van der Waals surface area contributed by atoms with Crippen molar-refractivity contribution in [3.63, 3.8) is 0 Å². The Morgan fingerprint density at radius 3 is 2.55 bits per heavy atom. The number of nitrogens with zero attached hydrogens (tertiary/aromatic N) is 4. The van der Waals surface area contributed by atoms with Gasteiger partial charge in [-0.3, -0.25) is 14.3 Å². The normalized spacial score (nSPS) is 14.5. The van der Waals surface area contributed by atoms with E-state index < -0.39 is 0 Å². The van der Waals surface area contributed by atoms with E-state index in [2.05, 4.69) is 20.1 Å². The van der Waals surface area contributed by atoms with E-state index in [1.807, 2.05) is 37.3 Å². The van der Waals surface area contributed by atoms with E-state index in [1.54, 1.807) is 29.1 Å². The van der Waals surface area contributed by atoms with Crippen molar-refractivity contribution in [3.05, 3.63) is 66.7 Å². The summed E-state index contributed by atoms with van der Waals surface area (Å²) in [4.78, 5) is 21.1. The van der Waals surface area contributed by atoms with E-state index in [0.29, 0.717) is 37.9 Å². The van der Waals surface area contributed by atoms with Gasteiger partial charge in [0, 0.05) is 44.3 Å². The van der Waals surface area contributed by atoms with E-state index in [-0.39, 0.29) is 11.7 Å². The number of ether oxygens (including phenoxy) is 1. The highest BCUT2D eigenvalue weighted by atomic mass is 19.1. The van der Waals surface area contributed by atoms with Crippen molar-refractivity contribution in [2.24, 2.45) is 0 Å². The third-order valence-electron chi connectivity index (χ3n) is 5.20. The number of amides is 1. The fraction of sp³-hybridized carbons (Fsp3) is 0.304. The van der Waals surface area contributed by atoms with Crippen LogP contribution in [0.2, 0.25) is 0 Å². The van der Waals surface area contributed by atoms with Gasteiger partial charge in [-0.15, -0.1) is 0 Å². The Labute approximate surface area is 181 Å². The lowest BCUT2D eigenvalue weighted by atomic mass is 10.3. The van der Waals surface area contributed by atoms with Gasteiger partial charge < -0.3 is 15.0 Å². The summed E-state index contributed by atoms with van der Waals surface area (Å²) in [5.74, 6) is 1.16. The van der Waals surface area contributed by atoms with Crippen molar-refractivity contribution in [3.8, 4) is 11.4 Å². The van der Waals surface area contributed by atoms with Crippen molar-refractivity contribution < 1.29 is 13.9 Å². The van der Waals surface area contributed by atoms with Crippen LogP contribution in [0.5, 0.6) is 5.75 Å². The molecule has 1 fully saturated rings. The molecule has 2 heterocycles. The fourth-order valence-electron chi connectivity index (χ4n) is 3.68. The largest absolute Gasteiger partial charge is 0.494 e. The number of carbonyl (C=O) groups excluding carboxylic acids is 1. The highest BCUT2D eigenvalue weighted by molar-refractivity contribution is 5.92. The molecule has 1 saturated heterocycles. The Morgan fingerprint density at radius 1 is 1.10 bits per heavy atom. The zero-order chi connectivity index (χ0) is 21.6. The highest BCUT2D eigenvalue weighted by Gasteiger charge is 2.22. The summed E-state index contributed by atoms with van der Waals surface area (Å²) < 4.78 is 21.4. The predicted molar refractivity (Wildman–Crippen MR) is 118 cm³/mol. The second-order valence-corrected chi connectivity index (χ2v) is 7.32. The van der Waals surface area contributed by atoms with Crippen LogP contribution in [0, 0.1) is 5.82 Å². The summed E-state index contributed by atoms with van der Waals surface area (Å²) in [5.41, 5.74) is 1.23. The number of piperazine rings is 1. The van der Waals surface area contributed by atoms with Crippen LogP contribution < -0.4 is 15.0 Å². The van der Waals surface area contributed by atoms with Gasteiger partial charge in [-0.1, -0.05) is 12.1 Å². The second-order valence-electron chi connectivity index (χ2n) is 7.32. The van der Waals surface area contributed by atoms with Crippen LogP contribution in [-0.2, 0) is 4.79 Å². The zero-order valence-corrected chi connectivity index (χ0v) is 17.5. The first kappa shape index (κ1) is 20.9. The first-order valence-electron chi connectivity index (χ1n) is 10.4. The number of anilines is 2. The number of benzene rings is 2. The molecule has 0 bridgehead atoms. The average Bonchev–Trinajstić information content (AvgIpc) is 3.26. The summed E-state index contributed by atoms with van der Waals surface area (Å²) in [6.45, 7) is 5.73. The zero-order valence-electron chi connectivity index (χ0n) is 17.5. The van der Waals surface area contributed by atoms with Gasteiger partial charge in [-0.2, -0.15) is 0 Å². The van der Waals surface area contributed by atoms with E-state index in [0.717, 1.165) is 24.5 Å². The van der Waals surface area contributed by atoms with Crippen LogP contribution in [0.15, 0.2) is 60.9 Å². The Balaban J connectivity index is 1.31. The number of rotatable bonds is 7. The molecule has 162 valence electrons. The molecule has 0 unspecified atom stereocenters. The number of nitrogens with one attached hydrogen (secondary N) is 1. The van der Waals surface area contributed by atoms with Crippen molar-refractivity contribution in [2.75, 3.05) is 49.5 Å². The van der Waals surface area contributed by atoms with Gasteiger partial charge in [-0.05, 0) is 43.3 Å². The molecule has 0 spiro atoms. The van der Waals surface area contributed by atoms with Crippen LogP contribution in [-0.4, -0.2) is 59.7 Å². The van der Waals surface area contributed by atoms with Crippen LogP contribution in [0.4, 0.5) is 16.0 Å². The first-order chi connectivity index (χ1) is 15.1. The molecule has 2 aromatic carbocycles. The third-order valence-corrected chi connectivity index (χ3v) is 5.20. The summed E-state index contributed by atoms with van der Waals surface area (Å²) in [6, 6.07) is 14.0. The monoisotopic (exact) mass is 423 g/mol. The van der Waals surface area contributed by atoms with Crippen LogP contribution in [0.1, 0.15) is 6.92 Å². The maximum atomic E-state index is 14.2. The van der Waals surface area contributed by atoms with Crippen LogP contribution in [0.3, 0.4) is 0 Å². The van der Waals surface area contributed by atoms with Crippen LogP contribution >= 0.6 is 0 Å². The number of hydrogen-bond acceptors (Lipinski definition) is 5.